The second kappa shape index (κ2) is 10.7. The van der Waals surface area contributed by atoms with E-state index >= 15 is 0 Å². The molecule has 1 aliphatic rings. The number of methoxy groups -OCH3 is 1. The number of halogens is 6. The van der Waals surface area contributed by atoms with Gasteiger partial charge in [-0.25, -0.2) is 0 Å². The highest BCUT2D eigenvalue weighted by atomic mass is 35.6. The first-order chi connectivity index (χ1) is 13.5. The molecule has 2 atom stereocenters. The molecule has 0 unspecified atom stereocenters. The van der Waals surface area contributed by atoms with Crippen LogP contribution in [0.3, 0.4) is 0 Å². The van der Waals surface area contributed by atoms with Crippen molar-refractivity contribution < 1.29 is 19.1 Å². The Morgan fingerprint density at radius 2 is 1.63 bits per heavy atom. The molecule has 12 heteroatoms. The van der Waals surface area contributed by atoms with E-state index in [0.717, 1.165) is 4.90 Å². The molecular formula is C18H24Cl6N2O4. The zero-order chi connectivity index (χ0) is 23.5. The summed E-state index contributed by atoms with van der Waals surface area (Å²) in [5, 5.41) is 2.65. The highest BCUT2D eigenvalue weighted by Gasteiger charge is 2.43. The Balaban J connectivity index is 3.16. The van der Waals surface area contributed by atoms with Crippen molar-refractivity contribution in [2.45, 2.75) is 66.1 Å². The van der Waals surface area contributed by atoms with Crippen molar-refractivity contribution in [3.63, 3.8) is 0 Å². The maximum Gasteiger partial charge on any atom is 0.257 e. The lowest BCUT2D eigenvalue weighted by Gasteiger charge is -2.31. The van der Waals surface area contributed by atoms with Crippen LogP contribution in [0.25, 0.3) is 0 Å². The molecule has 172 valence electrons. The first kappa shape index (κ1) is 27.9. The summed E-state index contributed by atoms with van der Waals surface area (Å²) in [5.74, 6) is -1.40. The maximum absolute atomic E-state index is 13.3. The van der Waals surface area contributed by atoms with Gasteiger partial charge in [0.05, 0.1) is 13.2 Å². The van der Waals surface area contributed by atoms with Gasteiger partial charge in [0.15, 0.2) is 7.59 Å². The van der Waals surface area contributed by atoms with E-state index in [2.05, 4.69) is 5.32 Å². The number of nitrogens with zero attached hydrogens (tertiary/aromatic N) is 1. The molecule has 1 rings (SSSR count). The number of hydrogen-bond donors (Lipinski definition) is 1. The Hall–Kier alpha value is -0.110. The van der Waals surface area contributed by atoms with Gasteiger partial charge < -0.3 is 10.1 Å². The molecular weight excluding hydrogens is 521 g/mol. The van der Waals surface area contributed by atoms with Crippen LogP contribution in [0.1, 0.15) is 46.5 Å². The molecule has 0 aromatic heterocycles. The Morgan fingerprint density at radius 1 is 1.10 bits per heavy atom. The molecule has 0 bridgehead atoms. The van der Waals surface area contributed by atoms with E-state index in [1.807, 2.05) is 0 Å². The van der Waals surface area contributed by atoms with Gasteiger partial charge in [-0.3, -0.25) is 19.3 Å². The van der Waals surface area contributed by atoms with Crippen molar-refractivity contribution in [2.24, 2.45) is 5.41 Å². The van der Waals surface area contributed by atoms with Crippen molar-refractivity contribution in [2.75, 3.05) is 7.11 Å². The summed E-state index contributed by atoms with van der Waals surface area (Å²) in [5.41, 5.74) is -0.779. The van der Waals surface area contributed by atoms with E-state index in [1.54, 1.807) is 20.8 Å². The average molecular weight is 545 g/mol. The van der Waals surface area contributed by atoms with Crippen LogP contribution in [0.15, 0.2) is 11.8 Å². The molecule has 3 amide bonds. The monoisotopic (exact) mass is 542 g/mol. The van der Waals surface area contributed by atoms with Crippen LogP contribution in [0.4, 0.5) is 0 Å². The fraction of sp³-hybridized carbons (Fsp3) is 0.722. The summed E-state index contributed by atoms with van der Waals surface area (Å²) in [6, 6.07) is -1.89. The van der Waals surface area contributed by atoms with Crippen molar-refractivity contribution >= 4 is 87.3 Å². The predicted molar refractivity (Wildman–Crippen MR) is 121 cm³/mol. The largest absolute Gasteiger partial charge is 0.499 e. The first-order valence-electron chi connectivity index (χ1n) is 9.03. The Labute approximate surface area is 206 Å². The number of rotatable bonds is 7. The highest BCUT2D eigenvalue weighted by molar-refractivity contribution is 6.67. The third kappa shape index (κ3) is 8.79. The zero-order valence-electron chi connectivity index (χ0n) is 16.9. The Kier molecular flexibility index (Phi) is 9.93. The van der Waals surface area contributed by atoms with E-state index in [4.69, 9.17) is 74.3 Å². The van der Waals surface area contributed by atoms with E-state index in [-0.39, 0.29) is 31.4 Å². The van der Waals surface area contributed by atoms with E-state index < -0.39 is 42.8 Å². The minimum absolute atomic E-state index is 0.000421. The van der Waals surface area contributed by atoms with Crippen molar-refractivity contribution in [3.05, 3.63) is 11.8 Å². The number of hydrogen-bond acceptors (Lipinski definition) is 4. The molecule has 0 aliphatic carbocycles. The Bertz CT molecular complexity index is 694. The van der Waals surface area contributed by atoms with Gasteiger partial charge in [-0.05, 0) is 25.7 Å². The van der Waals surface area contributed by atoms with Gasteiger partial charge in [-0.2, -0.15) is 0 Å². The quantitative estimate of drug-likeness (QED) is 0.453. The van der Waals surface area contributed by atoms with Crippen LogP contribution in [0.2, 0.25) is 0 Å². The van der Waals surface area contributed by atoms with Crippen LogP contribution < -0.4 is 5.32 Å². The number of carbonyl (C=O) groups excluding carboxylic acids is 3. The summed E-state index contributed by atoms with van der Waals surface area (Å²) >= 11 is 35.0. The van der Waals surface area contributed by atoms with Gasteiger partial charge >= 0.3 is 0 Å². The van der Waals surface area contributed by atoms with Crippen LogP contribution >= 0.6 is 69.6 Å². The molecule has 1 N–H and O–H groups in total. The summed E-state index contributed by atoms with van der Waals surface area (Å²) in [4.78, 5) is 39.4. The number of alkyl halides is 6. The molecule has 0 fully saturated rings. The van der Waals surface area contributed by atoms with Crippen LogP contribution in [0.5, 0.6) is 0 Å². The maximum atomic E-state index is 13.3. The molecule has 6 nitrogen and oxygen atoms in total. The second-order valence-electron chi connectivity index (χ2n) is 7.90. The fourth-order valence-corrected chi connectivity index (χ4v) is 3.36. The number of ether oxygens (including phenoxy) is 1. The number of imide groups is 1. The van der Waals surface area contributed by atoms with Crippen LogP contribution in [0, 0.1) is 5.41 Å². The molecule has 0 aromatic rings. The van der Waals surface area contributed by atoms with Crippen molar-refractivity contribution in [1.29, 1.82) is 0 Å². The standard InChI is InChI=1S/C18H24Cl6N2O4/c1-16(2,3)15(29)25-10(5-7-17(19,20)21)14(28)26-11(6-8-18(22,23)24)12(30-4)9-13(26)27/h9-11H,5-8H2,1-4H3,(H,25,29)/t10-,11+/m0/s1. The van der Waals surface area contributed by atoms with Gasteiger partial charge in [0.25, 0.3) is 11.8 Å². The molecule has 0 saturated carbocycles. The topological polar surface area (TPSA) is 75.7 Å². The summed E-state index contributed by atoms with van der Waals surface area (Å²) in [6.07, 6.45) is 1.38. The van der Waals surface area contributed by atoms with Gasteiger partial charge in [-0.1, -0.05) is 90.4 Å². The van der Waals surface area contributed by atoms with Gasteiger partial charge in [-0.15, -0.1) is 0 Å². The molecule has 1 heterocycles. The summed E-state index contributed by atoms with van der Waals surface area (Å²) < 4.78 is 2.03. The van der Waals surface area contributed by atoms with Crippen LogP contribution in [-0.4, -0.2) is 49.4 Å². The molecule has 1 aliphatic heterocycles. The number of carbonyl (C=O) groups is 3. The average Bonchev–Trinajstić information content (AvgIpc) is 2.89. The SMILES string of the molecule is COC1=CC(=O)N(C(=O)[C@H](CCC(Cl)(Cl)Cl)NC(=O)C(C)(C)C)[C@@H]1CCC(Cl)(Cl)Cl. The minimum atomic E-state index is -1.63. The first-order valence-corrected chi connectivity index (χ1v) is 11.3. The predicted octanol–water partition coefficient (Wildman–Crippen LogP) is 5.09. The zero-order valence-corrected chi connectivity index (χ0v) is 21.4. The van der Waals surface area contributed by atoms with Crippen molar-refractivity contribution in [1.82, 2.24) is 10.2 Å². The lowest BCUT2D eigenvalue weighted by Crippen LogP contribution is -2.54. The van der Waals surface area contributed by atoms with E-state index in [1.165, 1.54) is 13.2 Å². The lowest BCUT2D eigenvalue weighted by molar-refractivity contribution is -0.147. The molecule has 30 heavy (non-hydrogen) atoms. The summed E-state index contributed by atoms with van der Waals surface area (Å²) in [7, 11) is 1.37. The second-order valence-corrected chi connectivity index (χ2v) is 12.9. The smallest absolute Gasteiger partial charge is 0.257 e. The minimum Gasteiger partial charge on any atom is -0.499 e. The molecule has 0 spiro atoms. The van der Waals surface area contributed by atoms with E-state index in [0.29, 0.717) is 0 Å². The fourth-order valence-electron chi connectivity index (χ4n) is 2.71. The molecule has 0 radical (unpaired) electrons. The van der Waals surface area contributed by atoms with Gasteiger partial charge in [0.1, 0.15) is 11.8 Å². The third-order valence-corrected chi connectivity index (χ3v) is 5.45. The third-order valence-electron chi connectivity index (χ3n) is 4.32. The van der Waals surface area contributed by atoms with Gasteiger partial charge in [0, 0.05) is 11.5 Å². The molecule has 0 aromatic carbocycles. The van der Waals surface area contributed by atoms with E-state index in [9.17, 15) is 14.4 Å². The normalized spacial score (nSPS) is 18.9. The number of nitrogens with one attached hydrogen (secondary N) is 1. The Morgan fingerprint density at radius 3 is 2.07 bits per heavy atom. The lowest BCUT2D eigenvalue weighted by atomic mass is 9.94. The van der Waals surface area contributed by atoms with Crippen LogP contribution in [-0.2, 0) is 19.1 Å². The highest BCUT2D eigenvalue weighted by Crippen LogP contribution is 2.36. The summed E-state index contributed by atoms with van der Waals surface area (Å²) in [6.45, 7) is 5.07. The van der Waals surface area contributed by atoms with Gasteiger partial charge in [0.2, 0.25) is 5.91 Å². The number of amides is 3. The molecule has 0 saturated heterocycles. The van der Waals surface area contributed by atoms with Crippen molar-refractivity contribution in [3.8, 4) is 0 Å².